The molecule has 1 saturated carbocycles. The molecular formula is C18H25NO6S. The van der Waals surface area contributed by atoms with Crippen LogP contribution >= 0.6 is 0 Å². The molecule has 1 amide bonds. The largest absolute Gasteiger partial charge is 0.497 e. The second-order valence-electron chi connectivity index (χ2n) is 7.30. The molecule has 0 saturated heterocycles. The maximum Gasteiger partial charge on any atom is 0.408 e. The lowest BCUT2D eigenvalue weighted by Crippen LogP contribution is -2.45. The molecule has 0 aliphatic heterocycles. The molecule has 1 aromatic carbocycles. The normalized spacial score (nSPS) is 25.3. The zero-order valence-corrected chi connectivity index (χ0v) is 16.4. The van der Waals surface area contributed by atoms with Crippen molar-refractivity contribution >= 4 is 22.2 Å². The summed E-state index contributed by atoms with van der Waals surface area (Å²) in [5, 5.41) is 1.47. The zero-order chi connectivity index (χ0) is 19.8. The lowest BCUT2D eigenvalue weighted by atomic mass is 10.1. The molecule has 1 aromatic rings. The molecular weight excluding hydrogens is 358 g/mol. The minimum Gasteiger partial charge on any atom is -0.497 e. The first-order valence-corrected chi connectivity index (χ1v) is 10.1. The maximum absolute atomic E-state index is 12.5. The standard InChI is InChI=1S/C18H25NO6S/c1-6-26(22,23)15-14(12-7-9-13(24-5)10-8-12)18(15,11-20)19-16(21)25-17(2,3)4/h7-11,14-15H,6H2,1-5H3,(H,19,21). The fourth-order valence-electron chi connectivity index (χ4n) is 3.12. The molecule has 7 nitrogen and oxygen atoms in total. The van der Waals surface area contributed by atoms with Gasteiger partial charge in [0.2, 0.25) is 0 Å². The van der Waals surface area contributed by atoms with Crippen LogP contribution in [0, 0.1) is 0 Å². The van der Waals surface area contributed by atoms with Crippen molar-refractivity contribution in [3.63, 3.8) is 0 Å². The number of hydrogen-bond donors (Lipinski definition) is 1. The van der Waals surface area contributed by atoms with Gasteiger partial charge in [0.25, 0.3) is 0 Å². The molecule has 26 heavy (non-hydrogen) atoms. The lowest BCUT2D eigenvalue weighted by molar-refractivity contribution is -0.110. The van der Waals surface area contributed by atoms with Gasteiger partial charge < -0.3 is 19.6 Å². The van der Waals surface area contributed by atoms with E-state index >= 15 is 0 Å². The van der Waals surface area contributed by atoms with E-state index < -0.39 is 38.2 Å². The van der Waals surface area contributed by atoms with Crippen LogP contribution in [0.5, 0.6) is 5.75 Å². The monoisotopic (exact) mass is 383 g/mol. The van der Waals surface area contributed by atoms with Crippen molar-refractivity contribution in [3.05, 3.63) is 29.8 Å². The highest BCUT2D eigenvalue weighted by atomic mass is 32.2. The zero-order valence-electron chi connectivity index (χ0n) is 15.6. The predicted octanol–water partition coefficient (Wildman–Crippen LogP) is 2.06. The first-order chi connectivity index (χ1) is 12.0. The summed E-state index contributed by atoms with van der Waals surface area (Å²) in [7, 11) is -2.06. The third-order valence-electron chi connectivity index (χ3n) is 4.36. The van der Waals surface area contributed by atoms with Gasteiger partial charge in [-0.25, -0.2) is 13.2 Å². The molecule has 1 fully saturated rings. The van der Waals surface area contributed by atoms with Crippen molar-refractivity contribution in [2.75, 3.05) is 12.9 Å². The van der Waals surface area contributed by atoms with Crippen molar-refractivity contribution in [2.45, 2.75) is 50.0 Å². The number of carbonyl (C=O) groups excluding carboxylic acids is 2. The van der Waals surface area contributed by atoms with E-state index in [4.69, 9.17) is 9.47 Å². The Balaban J connectivity index is 2.39. The number of methoxy groups -OCH3 is 1. The molecule has 0 bridgehead atoms. The Bertz CT molecular complexity index is 781. The summed E-state index contributed by atoms with van der Waals surface area (Å²) in [6.45, 7) is 6.58. The minimum absolute atomic E-state index is 0.129. The molecule has 0 spiro atoms. The average Bonchev–Trinajstić information content (AvgIpc) is 3.22. The lowest BCUT2D eigenvalue weighted by Gasteiger charge is -2.22. The third-order valence-corrected chi connectivity index (χ3v) is 6.60. The van der Waals surface area contributed by atoms with Crippen LogP contribution in [-0.4, -0.2) is 50.0 Å². The van der Waals surface area contributed by atoms with Gasteiger partial charge in [-0.2, -0.15) is 0 Å². The maximum atomic E-state index is 12.5. The Morgan fingerprint density at radius 1 is 1.27 bits per heavy atom. The first kappa shape index (κ1) is 20.2. The number of benzene rings is 1. The second-order valence-corrected chi connectivity index (χ2v) is 9.71. The molecule has 0 radical (unpaired) electrons. The number of hydrogen-bond acceptors (Lipinski definition) is 6. The van der Waals surface area contributed by atoms with Gasteiger partial charge in [-0.3, -0.25) is 0 Å². The number of sulfone groups is 1. The van der Waals surface area contributed by atoms with Gasteiger partial charge in [0.05, 0.1) is 7.11 Å². The summed E-state index contributed by atoms with van der Waals surface area (Å²) in [4.78, 5) is 24.1. The molecule has 1 aliphatic carbocycles. The van der Waals surface area contributed by atoms with Gasteiger partial charge >= 0.3 is 6.09 Å². The van der Waals surface area contributed by atoms with Crippen LogP contribution in [0.3, 0.4) is 0 Å². The highest BCUT2D eigenvalue weighted by Gasteiger charge is 2.72. The number of alkyl carbamates (subject to hydrolysis) is 1. The summed E-state index contributed by atoms with van der Waals surface area (Å²) in [6.07, 6.45) is -0.319. The summed E-state index contributed by atoms with van der Waals surface area (Å²) < 4.78 is 35.4. The van der Waals surface area contributed by atoms with E-state index in [2.05, 4.69) is 5.32 Å². The van der Waals surface area contributed by atoms with Gasteiger partial charge in [0, 0.05) is 11.7 Å². The first-order valence-electron chi connectivity index (χ1n) is 8.33. The van der Waals surface area contributed by atoms with Crippen LogP contribution in [0.4, 0.5) is 4.79 Å². The van der Waals surface area contributed by atoms with Gasteiger partial charge in [0.1, 0.15) is 28.4 Å². The average molecular weight is 383 g/mol. The van der Waals surface area contributed by atoms with E-state index in [1.165, 1.54) is 14.0 Å². The van der Waals surface area contributed by atoms with E-state index in [0.29, 0.717) is 17.6 Å². The van der Waals surface area contributed by atoms with Gasteiger partial charge in [0.15, 0.2) is 9.84 Å². The van der Waals surface area contributed by atoms with Gasteiger partial charge in [-0.05, 0) is 38.5 Å². The molecule has 2 rings (SSSR count). The number of ether oxygens (including phenoxy) is 2. The highest BCUT2D eigenvalue weighted by Crippen LogP contribution is 2.55. The van der Waals surface area contributed by atoms with Crippen molar-refractivity contribution in [2.24, 2.45) is 0 Å². The summed E-state index contributed by atoms with van der Waals surface area (Å²) in [6, 6.07) is 6.77. The highest BCUT2D eigenvalue weighted by molar-refractivity contribution is 7.92. The third kappa shape index (κ3) is 3.85. The van der Waals surface area contributed by atoms with Crippen molar-refractivity contribution in [1.82, 2.24) is 5.32 Å². The molecule has 3 unspecified atom stereocenters. The van der Waals surface area contributed by atoms with E-state index in [9.17, 15) is 18.0 Å². The molecule has 3 atom stereocenters. The van der Waals surface area contributed by atoms with E-state index in [-0.39, 0.29) is 5.75 Å². The summed E-state index contributed by atoms with van der Waals surface area (Å²) >= 11 is 0. The Morgan fingerprint density at radius 3 is 2.27 bits per heavy atom. The number of aldehydes is 1. The Morgan fingerprint density at radius 2 is 1.85 bits per heavy atom. The van der Waals surface area contributed by atoms with Gasteiger partial charge in [-0.1, -0.05) is 19.1 Å². The van der Waals surface area contributed by atoms with Crippen LogP contribution in [-0.2, 0) is 19.4 Å². The van der Waals surface area contributed by atoms with Crippen LogP contribution in [0.25, 0.3) is 0 Å². The topological polar surface area (TPSA) is 98.8 Å². The van der Waals surface area contributed by atoms with Crippen LogP contribution in [0.15, 0.2) is 24.3 Å². The fourth-order valence-corrected chi connectivity index (χ4v) is 5.05. The van der Waals surface area contributed by atoms with Gasteiger partial charge in [-0.15, -0.1) is 0 Å². The minimum atomic E-state index is -3.58. The number of rotatable bonds is 6. The number of carbonyl (C=O) groups is 2. The fraction of sp³-hybridized carbons (Fsp3) is 0.556. The van der Waals surface area contributed by atoms with Crippen LogP contribution in [0.1, 0.15) is 39.2 Å². The van der Waals surface area contributed by atoms with Crippen LogP contribution < -0.4 is 10.1 Å². The smallest absolute Gasteiger partial charge is 0.408 e. The molecule has 0 aromatic heterocycles. The number of amides is 1. The van der Waals surface area contributed by atoms with E-state index in [1.807, 2.05) is 0 Å². The summed E-state index contributed by atoms with van der Waals surface area (Å²) in [5.41, 5.74) is -1.67. The summed E-state index contributed by atoms with van der Waals surface area (Å²) in [5.74, 6) is -0.194. The molecule has 0 heterocycles. The molecule has 1 N–H and O–H groups in total. The Hall–Kier alpha value is -2.09. The Kier molecular flexibility index (Phi) is 5.37. The van der Waals surface area contributed by atoms with Crippen molar-refractivity contribution in [3.8, 4) is 5.75 Å². The quantitative estimate of drug-likeness (QED) is 0.755. The number of nitrogens with one attached hydrogen (secondary N) is 1. The van der Waals surface area contributed by atoms with Crippen LogP contribution in [0.2, 0.25) is 0 Å². The van der Waals surface area contributed by atoms with Crippen molar-refractivity contribution < 1.29 is 27.5 Å². The van der Waals surface area contributed by atoms with E-state index in [0.717, 1.165) is 0 Å². The molecule has 8 heteroatoms. The van der Waals surface area contributed by atoms with Crippen molar-refractivity contribution in [1.29, 1.82) is 0 Å². The van der Waals surface area contributed by atoms with E-state index in [1.54, 1.807) is 45.0 Å². The SMILES string of the molecule is CCS(=O)(=O)C1C(c2ccc(OC)cc2)C1(C=O)NC(=O)OC(C)(C)C. The second kappa shape index (κ2) is 6.90. The predicted molar refractivity (Wildman–Crippen MR) is 97.1 cm³/mol. The molecule has 1 aliphatic rings. The molecule has 144 valence electrons. The Labute approximate surface area is 154 Å².